The highest BCUT2D eigenvalue weighted by atomic mass is 35.5. The van der Waals surface area contributed by atoms with E-state index in [1.807, 2.05) is 19.1 Å². The Hall–Kier alpha value is -2.20. The maximum Gasteiger partial charge on any atom is 0.248 e. The Labute approximate surface area is 148 Å². The molecule has 0 unspecified atom stereocenters. The Morgan fingerprint density at radius 1 is 1.21 bits per heavy atom. The Bertz CT molecular complexity index is 712. The van der Waals surface area contributed by atoms with E-state index in [2.05, 4.69) is 19.2 Å². The number of benzene rings is 2. The molecule has 128 valence electrons. The minimum atomic E-state index is -0.461. The molecule has 3 N–H and O–H groups in total. The van der Waals surface area contributed by atoms with Crippen molar-refractivity contribution in [3.8, 4) is 11.5 Å². The van der Waals surface area contributed by atoms with Gasteiger partial charge in [0.2, 0.25) is 5.91 Å². The fourth-order valence-corrected chi connectivity index (χ4v) is 2.45. The topological polar surface area (TPSA) is 64.3 Å². The van der Waals surface area contributed by atoms with Gasteiger partial charge in [-0.15, -0.1) is 0 Å². The van der Waals surface area contributed by atoms with Crippen molar-refractivity contribution in [2.45, 2.75) is 27.2 Å². The molecule has 0 aliphatic rings. The molecule has 2 aromatic carbocycles. The van der Waals surface area contributed by atoms with Gasteiger partial charge < -0.3 is 15.8 Å². The minimum absolute atomic E-state index is 0.446. The highest BCUT2D eigenvalue weighted by Crippen LogP contribution is 2.35. The fourth-order valence-electron chi connectivity index (χ4n) is 2.22. The van der Waals surface area contributed by atoms with Crippen molar-refractivity contribution in [2.75, 3.05) is 11.9 Å². The quantitative estimate of drug-likeness (QED) is 0.741. The molecule has 0 saturated carbocycles. The van der Waals surface area contributed by atoms with E-state index >= 15 is 0 Å². The summed E-state index contributed by atoms with van der Waals surface area (Å²) in [5, 5.41) is 4.01. The molecule has 2 aromatic rings. The van der Waals surface area contributed by atoms with Crippen LogP contribution in [-0.2, 0) is 0 Å². The molecule has 24 heavy (non-hydrogen) atoms. The summed E-state index contributed by atoms with van der Waals surface area (Å²) in [5.41, 5.74) is 7.45. The third-order valence-corrected chi connectivity index (χ3v) is 4.23. The second-order valence-corrected chi connectivity index (χ2v) is 6.53. The monoisotopic (exact) mass is 346 g/mol. The van der Waals surface area contributed by atoms with Gasteiger partial charge in [-0.05, 0) is 55.7 Å². The van der Waals surface area contributed by atoms with Crippen LogP contribution in [0, 0.1) is 12.8 Å². The summed E-state index contributed by atoms with van der Waals surface area (Å²) in [7, 11) is 0. The highest BCUT2D eigenvalue weighted by Gasteiger charge is 2.10. The molecule has 0 atom stereocenters. The van der Waals surface area contributed by atoms with E-state index in [9.17, 15) is 4.79 Å². The van der Waals surface area contributed by atoms with Crippen LogP contribution in [0.1, 0.15) is 36.2 Å². The van der Waals surface area contributed by atoms with E-state index < -0.39 is 5.91 Å². The van der Waals surface area contributed by atoms with Gasteiger partial charge in [-0.25, -0.2) is 0 Å². The van der Waals surface area contributed by atoms with Gasteiger partial charge >= 0.3 is 0 Å². The molecule has 0 spiro atoms. The molecule has 0 aliphatic carbocycles. The van der Waals surface area contributed by atoms with E-state index in [0.717, 1.165) is 24.2 Å². The number of halogens is 1. The van der Waals surface area contributed by atoms with E-state index in [4.69, 9.17) is 22.1 Å². The highest BCUT2D eigenvalue weighted by molar-refractivity contribution is 6.34. The number of primary amides is 1. The van der Waals surface area contributed by atoms with Gasteiger partial charge in [0.1, 0.15) is 11.5 Å². The molecule has 0 aromatic heterocycles. The summed E-state index contributed by atoms with van der Waals surface area (Å²) in [6, 6.07) is 10.5. The molecule has 1 amide bonds. The summed E-state index contributed by atoms with van der Waals surface area (Å²) in [6.45, 7) is 7.18. The predicted octanol–water partition coefficient (Wildman–Crippen LogP) is 5.00. The molecule has 0 fully saturated rings. The Balaban J connectivity index is 2.11. The lowest BCUT2D eigenvalue weighted by Crippen LogP contribution is -2.10. The number of nitrogens with one attached hydrogen (secondary N) is 1. The van der Waals surface area contributed by atoms with E-state index in [-0.39, 0.29) is 0 Å². The van der Waals surface area contributed by atoms with Gasteiger partial charge in [0.15, 0.2) is 0 Å². The zero-order valence-corrected chi connectivity index (χ0v) is 15.0. The molecule has 0 heterocycles. The minimum Gasteiger partial charge on any atom is -0.457 e. The summed E-state index contributed by atoms with van der Waals surface area (Å²) >= 11 is 6.44. The third kappa shape index (κ3) is 4.65. The van der Waals surface area contributed by atoms with Crippen LogP contribution in [0.25, 0.3) is 0 Å². The molecule has 5 heteroatoms. The van der Waals surface area contributed by atoms with Crippen molar-refractivity contribution in [3.63, 3.8) is 0 Å². The van der Waals surface area contributed by atoms with Gasteiger partial charge in [0, 0.05) is 17.7 Å². The molecule has 4 nitrogen and oxygen atoms in total. The largest absolute Gasteiger partial charge is 0.457 e. The number of hydrogen-bond acceptors (Lipinski definition) is 3. The third-order valence-electron chi connectivity index (χ3n) is 3.74. The number of hydrogen-bond donors (Lipinski definition) is 2. The summed E-state index contributed by atoms with van der Waals surface area (Å²) in [4.78, 5) is 11.1. The fraction of sp³-hybridized carbons (Fsp3) is 0.316. The van der Waals surface area contributed by atoms with E-state index in [1.165, 1.54) is 0 Å². The van der Waals surface area contributed by atoms with Crippen molar-refractivity contribution in [2.24, 2.45) is 11.7 Å². The summed E-state index contributed by atoms with van der Waals surface area (Å²) < 4.78 is 5.86. The number of carbonyl (C=O) groups excluding carboxylic acids is 1. The van der Waals surface area contributed by atoms with Crippen LogP contribution in [-0.4, -0.2) is 12.5 Å². The van der Waals surface area contributed by atoms with Gasteiger partial charge in [0.25, 0.3) is 0 Å². The second-order valence-electron chi connectivity index (χ2n) is 6.15. The smallest absolute Gasteiger partial charge is 0.248 e. The molecule has 0 bridgehead atoms. The van der Waals surface area contributed by atoms with Crippen LogP contribution in [0.3, 0.4) is 0 Å². The lowest BCUT2D eigenvalue weighted by atomic mass is 10.1. The van der Waals surface area contributed by atoms with Gasteiger partial charge in [0.05, 0.1) is 10.7 Å². The zero-order chi connectivity index (χ0) is 17.7. The summed E-state index contributed by atoms with van der Waals surface area (Å²) in [6.07, 6.45) is 1.08. The van der Waals surface area contributed by atoms with Crippen molar-refractivity contribution >= 4 is 23.2 Å². The Morgan fingerprint density at radius 2 is 1.88 bits per heavy atom. The van der Waals surface area contributed by atoms with Crippen molar-refractivity contribution in [1.82, 2.24) is 0 Å². The average molecular weight is 347 g/mol. The Kier molecular flexibility index (Phi) is 6.10. The van der Waals surface area contributed by atoms with Crippen LogP contribution in [0.4, 0.5) is 5.69 Å². The molecule has 2 rings (SSSR count). The van der Waals surface area contributed by atoms with Crippen molar-refractivity contribution < 1.29 is 9.53 Å². The molecule has 0 radical (unpaired) electrons. The van der Waals surface area contributed by atoms with Crippen LogP contribution < -0.4 is 15.8 Å². The van der Waals surface area contributed by atoms with Gasteiger partial charge in [-0.2, -0.15) is 0 Å². The first kappa shape index (κ1) is 18.1. The SMILES string of the molecule is Cc1c(Oc2ccc(C(N)=O)cc2)ccc(NCCC(C)C)c1Cl. The van der Waals surface area contributed by atoms with Crippen LogP contribution >= 0.6 is 11.6 Å². The number of amides is 1. The first-order valence-electron chi connectivity index (χ1n) is 7.99. The number of nitrogens with two attached hydrogens (primary N) is 1. The Morgan fingerprint density at radius 3 is 2.46 bits per heavy atom. The lowest BCUT2D eigenvalue weighted by Gasteiger charge is -2.15. The zero-order valence-electron chi connectivity index (χ0n) is 14.2. The molecular formula is C19H23ClN2O2. The number of rotatable bonds is 7. The predicted molar refractivity (Wildman–Crippen MR) is 99.2 cm³/mol. The lowest BCUT2D eigenvalue weighted by molar-refractivity contribution is 0.100. The van der Waals surface area contributed by atoms with Crippen molar-refractivity contribution in [1.29, 1.82) is 0 Å². The van der Waals surface area contributed by atoms with E-state index in [1.54, 1.807) is 24.3 Å². The first-order chi connectivity index (χ1) is 11.4. The molecular weight excluding hydrogens is 324 g/mol. The van der Waals surface area contributed by atoms with Crippen LogP contribution in [0.15, 0.2) is 36.4 Å². The van der Waals surface area contributed by atoms with Crippen LogP contribution in [0.2, 0.25) is 5.02 Å². The van der Waals surface area contributed by atoms with Gasteiger partial charge in [-0.3, -0.25) is 4.79 Å². The molecule has 0 aliphatic heterocycles. The number of ether oxygens (including phenoxy) is 1. The standard InChI is InChI=1S/C19H23ClN2O2/c1-12(2)10-11-22-16-8-9-17(13(3)18(16)20)24-15-6-4-14(5-7-15)19(21)23/h4-9,12,22H,10-11H2,1-3H3,(H2,21,23). The molecule has 0 saturated heterocycles. The number of carbonyl (C=O) groups is 1. The first-order valence-corrected chi connectivity index (χ1v) is 8.37. The van der Waals surface area contributed by atoms with Crippen molar-refractivity contribution in [3.05, 3.63) is 52.5 Å². The maximum atomic E-state index is 11.1. The number of anilines is 1. The van der Waals surface area contributed by atoms with E-state index in [0.29, 0.717) is 28.0 Å². The maximum absolute atomic E-state index is 11.1. The average Bonchev–Trinajstić information content (AvgIpc) is 2.54. The second kappa shape index (κ2) is 8.06. The van der Waals surface area contributed by atoms with Crippen LogP contribution in [0.5, 0.6) is 11.5 Å². The van der Waals surface area contributed by atoms with Gasteiger partial charge in [-0.1, -0.05) is 25.4 Å². The normalized spacial score (nSPS) is 10.7. The summed E-state index contributed by atoms with van der Waals surface area (Å²) in [5.74, 6) is 1.49.